The average Bonchev–Trinajstić information content (AvgIpc) is 2.52. The second kappa shape index (κ2) is 10.0. The van der Waals surface area contributed by atoms with Gasteiger partial charge >= 0.3 is 0 Å². The van der Waals surface area contributed by atoms with Gasteiger partial charge in [0.1, 0.15) is 0 Å². The SMILES string of the molecule is CCCC(NCC#Cc1ccccc1)c1ccccc1.Cl. The number of nitrogens with one attached hydrogen (secondary N) is 1. The standard InChI is InChI=1S/C19H21N.ClH/c1-2-10-19(18-14-7-4-8-15-18)20-16-9-13-17-11-5-3-6-12-17;/h3-8,11-12,14-15,19-20H,2,10,16H2,1H3;1H. The fourth-order valence-electron chi connectivity index (χ4n) is 2.20. The topological polar surface area (TPSA) is 12.0 Å². The molecule has 0 fully saturated rings. The van der Waals surface area contributed by atoms with Crippen molar-refractivity contribution in [3.63, 3.8) is 0 Å². The van der Waals surface area contributed by atoms with Gasteiger partial charge in [0, 0.05) is 11.6 Å². The Kier molecular flexibility index (Phi) is 8.28. The van der Waals surface area contributed by atoms with E-state index in [2.05, 4.69) is 54.4 Å². The van der Waals surface area contributed by atoms with Crippen LogP contribution >= 0.6 is 12.4 Å². The molecule has 0 spiro atoms. The highest BCUT2D eigenvalue weighted by Crippen LogP contribution is 2.17. The van der Waals surface area contributed by atoms with Crippen LogP contribution in [0.25, 0.3) is 0 Å². The van der Waals surface area contributed by atoms with Crippen LogP contribution in [0.4, 0.5) is 0 Å². The second-order valence-electron chi connectivity index (χ2n) is 4.80. The van der Waals surface area contributed by atoms with Crippen molar-refractivity contribution in [2.24, 2.45) is 0 Å². The third kappa shape index (κ3) is 6.04. The Labute approximate surface area is 134 Å². The van der Waals surface area contributed by atoms with Gasteiger partial charge in [0.15, 0.2) is 0 Å². The van der Waals surface area contributed by atoms with Crippen LogP contribution in [0.5, 0.6) is 0 Å². The Hall–Kier alpha value is -1.75. The molecule has 0 radical (unpaired) electrons. The van der Waals surface area contributed by atoms with E-state index in [1.165, 1.54) is 12.0 Å². The lowest BCUT2D eigenvalue weighted by Crippen LogP contribution is -2.21. The minimum Gasteiger partial charge on any atom is -0.299 e. The van der Waals surface area contributed by atoms with Gasteiger partial charge in [-0.3, -0.25) is 5.32 Å². The smallest absolute Gasteiger partial charge is 0.0585 e. The first kappa shape index (κ1) is 17.3. The Bertz CT molecular complexity index is 554. The van der Waals surface area contributed by atoms with Gasteiger partial charge in [-0.05, 0) is 24.1 Å². The van der Waals surface area contributed by atoms with Crippen LogP contribution < -0.4 is 5.32 Å². The predicted molar refractivity (Wildman–Crippen MR) is 92.7 cm³/mol. The van der Waals surface area contributed by atoms with E-state index in [1.807, 2.05) is 30.3 Å². The molecule has 0 saturated carbocycles. The summed E-state index contributed by atoms with van der Waals surface area (Å²) in [7, 11) is 0. The lowest BCUT2D eigenvalue weighted by atomic mass is 10.0. The zero-order valence-corrected chi connectivity index (χ0v) is 13.2. The van der Waals surface area contributed by atoms with Gasteiger partial charge in [-0.25, -0.2) is 0 Å². The predicted octanol–water partition coefficient (Wildman–Crippen LogP) is 4.59. The fourth-order valence-corrected chi connectivity index (χ4v) is 2.20. The van der Waals surface area contributed by atoms with Crippen molar-refractivity contribution < 1.29 is 0 Å². The van der Waals surface area contributed by atoms with Crippen molar-refractivity contribution >= 4 is 12.4 Å². The van der Waals surface area contributed by atoms with E-state index in [0.717, 1.165) is 12.0 Å². The molecule has 0 saturated heterocycles. The number of halogens is 1. The summed E-state index contributed by atoms with van der Waals surface area (Å²) in [6.45, 7) is 2.93. The molecular weight excluding hydrogens is 278 g/mol. The lowest BCUT2D eigenvalue weighted by Gasteiger charge is -2.16. The van der Waals surface area contributed by atoms with Gasteiger partial charge in [0.25, 0.3) is 0 Å². The molecule has 0 aliphatic heterocycles. The Balaban J connectivity index is 0.00000220. The van der Waals surface area contributed by atoms with Gasteiger partial charge in [0.2, 0.25) is 0 Å². The molecule has 2 heteroatoms. The summed E-state index contributed by atoms with van der Waals surface area (Å²) in [5.41, 5.74) is 2.41. The maximum atomic E-state index is 3.53. The Morgan fingerprint density at radius 1 is 0.952 bits per heavy atom. The summed E-state index contributed by atoms with van der Waals surface area (Å²) in [5, 5.41) is 3.53. The van der Waals surface area contributed by atoms with Crippen molar-refractivity contribution in [2.45, 2.75) is 25.8 Å². The van der Waals surface area contributed by atoms with E-state index >= 15 is 0 Å². The Morgan fingerprint density at radius 2 is 1.57 bits per heavy atom. The molecule has 0 aromatic heterocycles. The van der Waals surface area contributed by atoms with Crippen molar-refractivity contribution in [1.82, 2.24) is 5.32 Å². The van der Waals surface area contributed by atoms with Crippen LogP contribution in [-0.4, -0.2) is 6.54 Å². The van der Waals surface area contributed by atoms with Gasteiger partial charge in [0.05, 0.1) is 6.54 Å². The zero-order chi connectivity index (χ0) is 14.0. The third-order valence-electron chi connectivity index (χ3n) is 3.22. The molecule has 1 nitrogen and oxygen atoms in total. The summed E-state index contributed by atoms with van der Waals surface area (Å²) >= 11 is 0. The van der Waals surface area contributed by atoms with E-state index in [1.54, 1.807) is 0 Å². The van der Waals surface area contributed by atoms with Crippen molar-refractivity contribution in [3.8, 4) is 11.8 Å². The van der Waals surface area contributed by atoms with Crippen LogP contribution in [0.2, 0.25) is 0 Å². The highest BCUT2D eigenvalue weighted by atomic mass is 35.5. The molecule has 0 heterocycles. The summed E-state index contributed by atoms with van der Waals surface area (Å²) < 4.78 is 0. The monoisotopic (exact) mass is 299 g/mol. The first-order valence-corrected chi connectivity index (χ1v) is 7.22. The molecule has 1 N–H and O–H groups in total. The van der Waals surface area contributed by atoms with E-state index in [9.17, 15) is 0 Å². The molecule has 2 rings (SSSR count). The molecule has 0 aliphatic rings. The fraction of sp³-hybridized carbons (Fsp3) is 0.263. The maximum Gasteiger partial charge on any atom is 0.0585 e. The van der Waals surface area contributed by atoms with Gasteiger partial charge in [-0.1, -0.05) is 73.7 Å². The molecular formula is C19H22ClN. The van der Waals surface area contributed by atoms with Gasteiger partial charge in [-0.2, -0.15) is 0 Å². The lowest BCUT2D eigenvalue weighted by molar-refractivity contribution is 0.524. The molecule has 1 atom stereocenters. The largest absolute Gasteiger partial charge is 0.299 e. The molecule has 110 valence electrons. The second-order valence-corrected chi connectivity index (χ2v) is 4.80. The van der Waals surface area contributed by atoms with E-state index < -0.39 is 0 Å². The van der Waals surface area contributed by atoms with Crippen LogP contribution in [0.3, 0.4) is 0 Å². The van der Waals surface area contributed by atoms with Crippen LogP contribution in [0, 0.1) is 11.8 Å². The van der Waals surface area contributed by atoms with Crippen molar-refractivity contribution in [3.05, 3.63) is 71.8 Å². The molecule has 2 aromatic carbocycles. The van der Waals surface area contributed by atoms with Crippen molar-refractivity contribution in [1.29, 1.82) is 0 Å². The summed E-state index contributed by atoms with van der Waals surface area (Å²) in [6, 6.07) is 21.1. The molecule has 0 bridgehead atoms. The zero-order valence-electron chi connectivity index (χ0n) is 12.4. The number of rotatable bonds is 5. The van der Waals surface area contributed by atoms with Gasteiger partial charge < -0.3 is 0 Å². The van der Waals surface area contributed by atoms with E-state index in [4.69, 9.17) is 0 Å². The van der Waals surface area contributed by atoms with Crippen molar-refractivity contribution in [2.75, 3.05) is 6.54 Å². The average molecular weight is 300 g/mol. The normalized spacial score (nSPS) is 10.9. The van der Waals surface area contributed by atoms with Gasteiger partial charge in [-0.15, -0.1) is 12.4 Å². The van der Waals surface area contributed by atoms with Crippen LogP contribution in [-0.2, 0) is 0 Å². The minimum absolute atomic E-state index is 0. The number of hydrogen-bond donors (Lipinski definition) is 1. The first-order valence-electron chi connectivity index (χ1n) is 7.22. The first-order chi connectivity index (χ1) is 9.90. The van der Waals surface area contributed by atoms with Crippen LogP contribution in [0.1, 0.15) is 36.9 Å². The maximum absolute atomic E-state index is 3.53. The quantitative estimate of drug-likeness (QED) is 0.796. The summed E-state index contributed by atoms with van der Waals surface area (Å²) in [5.74, 6) is 6.38. The Morgan fingerprint density at radius 3 is 2.19 bits per heavy atom. The number of benzene rings is 2. The van der Waals surface area contributed by atoms with E-state index in [0.29, 0.717) is 12.6 Å². The highest BCUT2D eigenvalue weighted by molar-refractivity contribution is 5.85. The minimum atomic E-state index is 0. The van der Waals surface area contributed by atoms with E-state index in [-0.39, 0.29) is 12.4 Å². The van der Waals surface area contributed by atoms with Crippen LogP contribution in [0.15, 0.2) is 60.7 Å². The molecule has 1 unspecified atom stereocenters. The summed E-state index contributed by atoms with van der Waals surface area (Å²) in [4.78, 5) is 0. The molecule has 0 amide bonds. The molecule has 0 aliphatic carbocycles. The number of hydrogen-bond acceptors (Lipinski definition) is 1. The summed E-state index contributed by atoms with van der Waals surface area (Å²) in [6.07, 6.45) is 2.30. The third-order valence-corrected chi connectivity index (χ3v) is 3.22. The molecule has 2 aromatic rings. The molecule has 21 heavy (non-hydrogen) atoms. The highest BCUT2D eigenvalue weighted by Gasteiger charge is 2.07.